The molecule has 2 atom stereocenters. The fourth-order valence-corrected chi connectivity index (χ4v) is 11.4. The van der Waals surface area contributed by atoms with Crippen LogP contribution < -0.4 is 35.2 Å². The van der Waals surface area contributed by atoms with Crippen LogP contribution in [0.15, 0.2) is 60.4 Å². The largest absolute Gasteiger partial charge is 1.00 e. The SMILES string of the molecule is C[Si](C)(C)OCCOC1=Cc2ccccc2C1c1c2c(cc3c1[Si]3(C)C)-c1ccccc1[CH]2[Zr+2].[Cl-].[Cl-]. The molecule has 1 aliphatic heterocycles. The molecule has 3 aromatic carbocycles. The molecule has 0 amide bonds. The van der Waals surface area contributed by atoms with Gasteiger partial charge >= 0.3 is 222 Å². The summed E-state index contributed by atoms with van der Waals surface area (Å²) in [7, 11) is -3.06. The molecule has 1 heterocycles. The van der Waals surface area contributed by atoms with Crippen molar-refractivity contribution in [2.24, 2.45) is 0 Å². The van der Waals surface area contributed by atoms with Crippen LogP contribution in [0.3, 0.4) is 0 Å². The van der Waals surface area contributed by atoms with E-state index in [2.05, 4.69) is 93.4 Å². The molecule has 0 radical (unpaired) electrons. The maximum absolute atomic E-state index is 6.55. The molecule has 3 aromatic rings. The van der Waals surface area contributed by atoms with E-state index >= 15 is 0 Å². The second-order valence-electron chi connectivity index (χ2n) is 11.2. The fourth-order valence-electron chi connectivity index (χ4n) is 5.94. The molecule has 0 aromatic heterocycles. The van der Waals surface area contributed by atoms with Crippen LogP contribution in [-0.2, 0) is 33.9 Å². The topological polar surface area (TPSA) is 18.5 Å². The predicted molar refractivity (Wildman–Crippen MR) is 142 cm³/mol. The molecule has 0 bridgehead atoms. The first kappa shape index (κ1) is 28.1. The van der Waals surface area contributed by atoms with Gasteiger partial charge in [0.2, 0.25) is 0 Å². The first-order chi connectivity index (χ1) is 16.2. The van der Waals surface area contributed by atoms with E-state index in [4.69, 9.17) is 9.16 Å². The van der Waals surface area contributed by atoms with E-state index in [9.17, 15) is 0 Å². The molecule has 185 valence electrons. The summed E-state index contributed by atoms with van der Waals surface area (Å²) in [4.78, 5) is 0. The molecule has 36 heavy (non-hydrogen) atoms. The first-order valence-electron chi connectivity index (χ1n) is 12.3. The molecule has 0 fully saturated rings. The predicted octanol–water partition coefficient (Wildman–Crippen LogP) is -0.198. The second kappa shape index (κ2) is 9.98. The van der Waals surface area contributed by atoms with Crippen LogP contribution in [0.5, 0.6) is 0 Å². The first-order valence-corrected chi connectivity index (χ1v) is 20.1. The molecule has 0 saturated carbocycles. The zero-order valence-electron chi connectivity index (χ0n) is 21.4. The summed E-state index contributed by atoms with van der Waals surface area (Å²) in [6, 6.07) is 20.5. The van der Waals surface area contributed by atoms with Gasteiger partial charge in [-0.3, -0.25) is 0 Å². The summed E-state index contributed by atoms with van der Waals surface area (Å²) in [5.41, 5.74) is 10.3. The minimum Gasteiger partial charge on any atom is -1.00 e. The number of hydrogen-bond acceptors (Lipinski definition) is 2. The van der Waals surface area contributed by atoms with E-state index in [0.717, 1.165) is 5.76 Å². The van der Waals surface area contributed by atoms with E-state index in [0.29, 0.717) is 16.8 Å². The van der Waals surface area contributed by atoms with Gasteiger partial charge in [-0.1, -0.05) is 0 Å². The molecule has 0 spiro atoms. The van der Waals surface area contributed by atoms with Crippen molar-refractivity contribution in [3.63, 3.8) is 0 Å². The summed E-state index contributed by atoms with van der Waals surface area (Å²) in [6.45, 7) is 13.0. The maximum Gasteiger partial charge on any atom is -1.00 e. The Labute approximate surface area is 244 Å². The summed E-state index contributed by atoms with van der Waals surface area (Å²) in [6.07, 6.45) is 2.29. The van der Waals surface area contributed by atoms with Gasteiger partial charge in [0.15, 0.2) is 0 Å². The van der Waals surface area contributed by atoms with Gasteiger partial charge in [-0.05, 0) is 0 Å². The normalized spacial score (nSPS) is 19.7. The summed E-state index contributed by atoms with van der Waals surface area (Å²) in [5, 5.41) is 3.33. The molecule has 2 nitrogen and oxygen atoms in total. The Morgan fingerprint density at radius 2 is 1.53 bits per heavy atom. The Kier molecular flexibility index (Phi) is 7.79. The molecular weight excluding hydrogens is 599 g/mol. The summed E-state index contributed by atoms with van der Waals surface area (Å²) >= 11 is 1.57. The molecule has 6 rings (SSSR count). The zero-order valence-corrected chi connectivity index (χ0v) is 27.4. The van der Waals surface area contributed by atoms with Crippen molar-refractivity contribution in [1.82, 2.24) is 0 Å². The van der Waals surface area contributed by atoms with Crippen LogP contribution in [0.25, 0.3) is 17.2 Å². The number of rotatable bonds is 6. The minimum atomic E-state index is -1.55. The molecule has 7 heteroatoms. The van der Waals surface area contributed by atoms with E-state index in [1.54, 1.807) is 46.2 Å². The molecule has 3 aliphatic rings. The van der Waals surface area contributed by atoms with E-state index < -0.39 is 16.4 Å². The number of ether oxygens (including phenoxy) is 1. The van der Waals surface area contributed by atoms with Crippen molar-refractivity contribution in [3.8, 4) is 11.1 Å². The third-order valence-electron chi connectivity index (χ3n) is 7.56. The molecular formula is C29H31Cl2O2Si2Zr. The van der Waals surface area contributed by atoms with E-state index in [1.165, 1.54) is 27.8 Å². The Bertz CT molecular complexity index is 1360. The Balaban J connectivity index is 0.00000152. The van der Waals surface area contributed by atoms with E-state index in [1.807, 2.05) is 0 Å². The number of benzene rings is 3. The van der Waals surface area contributed by atoms with Crippen molar-refractivity contribution in [2.75, 3.05) is 13.2 Å². The standard InChI is InChI=1S/C29H31O2Si2.2ClH.Zr/c1-32(2,3)31-15-14-30-25-17-20-11-7-9-13-22(20)27(25)28-24-16-19-10-6-8-12-21(19)23(24)18-26-29(28)33(26,4)5;;;/h6-13,16-18,27H,14-15H2,1-5H3;2*1H;/q;;;+2/p-2. The van der Waals surface area contributed by atoms with Crippen molar-refractivity contribution in [3.05, 3.63) is 88.2 Å². The Hall–Kier alpha value is -0.943. The monoisotopic (exact) mass is 627 g/mol. The number of fused-ring (bicyclic) bond motifs is 5. The van der Waals surface area contributed by atoms with Crippen LogP contribution >= 0.6 is 0 Å². The summed E-state index contributed by atoms with van der Waals surface area (Å²) < 4.78 is 13.1. The third-order valence-corrected chi connectivity index (χ3v) is 13.4. The number of allylic oxidation sites excluding steroid dienone is 1. The van der Waals surface area contributed by atoms with E-state index in [-0.39, 0.29) is 30.7 Å². The van der Waals surface area contributed by atoms with Gasteiger partial charge in [0.05, 0.1) is 0 Å². The van der Waals surface area contributed by atoms with Gasteiger partial charge in [-0.25, -0.2) is 0 Å². The van der Waals surface area contributed by atoms with Crippen molar-refractivity contribution in [2.45, 2.75) is 42.3 Å². The average molecular weight is 630 g/mol. The molecule has 2 unspecified atom stereocenters. The quantitative estimate of drug-likeness (QED) is 0.278. The van der Waals surface area contributed by atoms with Gasteiger partial charge in [-0.2, -0.15) is 0 Å². The van der Waals surface area contributed by atoms with Crippen molar-refractivity contribution in [1.29, 1.82) is 0 Å². The zero-order chi connectivity index (χ0) is 23.8. The van der Waals surface area contributed by atoms with Gasteiger partial charge in [0, 0.05) is 0 Å². The van der Waals surface area contributed by atoms with Crippen LogP contribution in [0.2, 0.25) is 32.7 Å². The number of hydrogen-bond donors (Lipinski definition) is 0. The fraction of sp³-hybridized carbons (Fsp3) is 0.310. The van der Waals surface area contributed by atoms with Crippen LogP contribution in [-0.4, -0.2) is 29.6 Å². The van der Waals surface area contributed by atoms with Gasteiger partial charge < -0.3 is 24.8 Å². The number of halogens is 2. The second-order valence-corrected chi connectivity index (χ2v) is 21.5. The minimum absolute atomic E-state index is 0. The summed E-state index contributed by atoms with van der Waals surface area (Å²) in [5.74, 6) is 1.30. The van der Waals surface area contributed by atoms with Crippen LogP contribution in [0.1, 0.15) is 37.4 Å². The van der Waals surface area contributed by atoms with Crippen LogP contribution in [0.4, 0.5) is 0 Å². The average Bonchev–Trinajstić information content (AvgIpc) is 3.07. The molecule has 0 N–H and O–H groups in total. The smallest absolute Gasteiger partial charge is 1.00 e. The third kappa shape index (κ3) is 4.48. The Morgan fingerprint density at radius 3 is 2.25 bits per heavy atom. The molecule has 2 aliphatic carbocycles. The Morgan fingerprint density at radius 1 is 0.861 bits per heavy atom. The van der Waals surface area contributed by atoms with Gasteiger partial charge in [0.1, 0.15) is 0 Å². The van der Waals surface area contributed by atoms with Crippen LogP contribution in [0, 0.1) is 0 Å². The van der Waals surface area contributed by atoms with Crippen molar-refractivity contribution >= 4 is 32.8 Å². The van der Waals surface area contributed by atoms with Gasteiger partial charge in [-0.15, -0.1) is 0 Å². The maximum atomic E-state index is 6.55. The van der Waals surface area contributed by atoms with Gasteiger partial charge in [0.25, 0.3) is 0 Å². The van der Waals surface area contributed by atoms with Crippen molar-refractivity contribution < 1.29 is 58.7 Å². The molecule has 0 saturated heterocycles.